The van der Waals surface area contributed by atoms with Gasteiger partial charge >= 0.3 is 0 Å². The molecular formula is C24H31FN2O3S. The second-order valence-corrected chi connectivity index (χ2v) is 8.26. The van der Waals surface area contributed by atoms with Crippen molar-refractivity contribution >= 4 is 23.6 Å². The van der Waals surface area contributed by atoms with Crippen molar-refractivity contribution in [1.82, 2.24) is 10.2 Å². The number of benzene rings is 2. The van der Waals surface area contributed by atoms with Gasteiger partial charge in [-0.15, -0.1) is 11.8 Å². The van der Waals surface area contributed by atoms with E-state index >= 15 is 0 Å². The Hall–Kier alpha value is -2.54. The number of ether oxygens (including phenoxy) is 1. The Balaban J connectivity index is 2.06. The molecule has 0 heterocycles. The third-order valence-electron chi connectivity index (χ3n) is 4.95. The fraction of sp³-hybridized carbons (Fsp3) is 0.417. The lowest BCUT2D eigenvalue weighted by molar-refractivity contribution is -0.138. The summed E-state index contributed by atoms with van der Waals surface area (Å²) in [6.45, 7) is 4.70. The molecule has 1 N–H and O–H groups in total. The van der Waals surface area contributed by atoms with Crippen LogP contribution in [0.25, 0.3) is 0 Å². The Kier molecular flexibility index (Phi) is 10.4. The summed E-state index contributed by atoms with van der Waals surface area (Å²) in [5.41, 5.74) is 1.47. The van der Waals surface area contributed by atoms with Crippen LogP contribution in [0.2, 0.25) is 0 Å². The van der Waals surface area contributed by atoms with Gasteiger partial charge in [0.05, 0.1) is 12.9 Å². The van der Waals surface area contributed by atoms with Crippen molar-refractivity contribution in [3.05, 3.63) is 65.5 Å². The summed E-state index contributed by atoms with van der Waals surface area (Å²) in [7, 11) is 1.60. The van der Waals surface area contributed by atoms with Crippen molar-refractivity contribution < 1.29 is 18.7 Å². The minimum absolute atomic E-state index is 0.157. The van der Waals surface area contributed by atoms with Gasteiger partial charge in [-0.25, -0.2) is 4.39 Å². The third kappa shape index (κ3) is 7.90. The highest BCUT2D eigenvalue weighted by molar-refractivity contribution is 7.99. The molecule has 1 atom stereocenters. The molecule has 5 nitrogen and oxygen atoms in total. The Morgan fingerprint density at radius 2 is 1.87 bits per heavy atom. The fourth-order valence-electron chi connectivity index (χ4n) is 2.99. The van der Waals surface area contributed by atoms with E-state index in [4.69, 9.17) is 4.74 Å². The number of hydrogen-bond acceptors (Lipinski definition) is 4. The molecule has 168 valence electrons. The molecule has 0 aliphatic rings. The minimum Gasteiger partial charge on any atom is -0.497 e. The molecule has 2 aromatic rings. The Morgan fingerprint density at radius 3 is 2.52 bits per heavy atom. The molecule has 2 rings (SSSR count). The highest BCUT2D eigenvalue weighted by Gasteiger charge is 2.26. The first-order valence-electron chi connectivity index (χ1n) is 10.5. The first kappa shape index (κ1) is 24.7. The van der Waals surface area contributed by atoms with E-state index in [0.29, 0.717) is 24.4 Å². The molecule has 0 saturated carbocycles. The first-order valence-corrected chi connectivity index (χ1v) is 11.6. The van der Waals surface area contributed by atoms with Crippen molar-refractivity contribution in [2.75, 3.05) is 19.4 Å². The number of halogens is 1. The van der Waals surface area contributed by atoms with Crippen molar-refractivity contribution in [1.29, 1.82) is 0 Å². The van der Waals surface area contributed by atoms with Crippen molar-refractivity contribution in [2.45, 2.75) is 45.0 Å². The smallest absolute Gasteiger partial charge is 0.242 e. The summed E-state index contributed by atoms with van der Waals surface area (Å²) in [5.74, 6) is 0.682. The molecule has 0 saturated heterocycles. The van der Waals surface area contributed by atoms with Gasteiger partial charge in [0.15, 0.2) is 0 Å². The predicted molar refractivity (Wildman–Crippen MR) is 123 cm³/mol. The molecule has 2 aromatic carbocycles. The molecule has 1 unspecified atom stereocenters. The van der Waals surface area contributed by atoms with E-state index < -0.39 is 6.04 Å². The second-order valence-electron chi connectivity index (χ2n) is 7.27. The van der Waals surface area contributed by atoms with Crippen LogP contribution in [0, 0.1) is 5.82 Å². The van der Waals surface area contributed by atoms with E-state index in [1.54, 1.807) is 37.1 Å². The van der Waals surface area contributed by atoms with Crippen LogP contribution in [0.4, 0.5) is 4.39 Å². The molecule has 7 heteroatoms. The zero-order valence-corrected chi connectivity index (χ0v) is 19.2. The number of rotatable bonds is 12. The van der Waals surface area contributed by atoms with Crippen LogP contribution in [0.3, 0.4) is 0 Å². The first-order chi connectivity index (χ1) is 15.0. The lowest BCUT2D eigenvalue weighted by Crippen LogP contribution is -2.48. The zero-order chi connectivity index (χ0) is 22.6. The number of carbonyl (C=O) groups is 2. The van der Waals surface area contributed by atoms with E-state index in [-0.39, 0.29) is 23.4 Å². The van der Waals surface area contributed by atoms with E-state index in [1.807, 2.05) is 24.3 Å². The number of carbonyl (C=O) groups excluding carboxylic acids is 2. The van der Waals surface area contributed by atoms with Crippen LogP contribution in [0.15, 0.2) is 48.5 Å². The molecule has 0 aliphatic heterocycles. The van der Waals surface area contributed by atoms with Gasteiger partial charge in [0.25, 0.3) is 0 Å². The van der Waals surface area contributed by atoms with Gasteiger partial charge in [-0.05, 0) is 42.7 Å². The number of unbranched alkanes of at least 4 members (excludes halogenated alkanes) is 1. The van der Waals surface area contributed by atoms with Crippen LogP contribution >= 0.6 is 11.8 Å². The highest BCUT2D eigenvalue weighted by Crippen LogP contribution is 2.19. The topological polar surface area (TPSA) is 58.6 Å². The monoisotopic (exact) mass is 446 g/mol. The van der Waals surface area contributed by atoms with Crippen molar-refractivity contribution in [3.63, 3.8) is 0 Å². The number of methoxy groups -OCH3 is 1. The summed E-state index contributed by atoms with van der Waals surface area (Å²) in [5, 5.41) is 2.90. The average molecular weight is 447 g/mol. The molecule has 0 radical (unpaired) electrons. The summed E-state index contributed by atoms with van der Waals surface area (Å²) >= 11 is 1.34. The molecular weight excluding hydrogens is 415 g/mol. The summed E-state index contributed by atoms with van der Waals surface area (Å²) in [6.07, 6.45) is 1.87. The molecule has 0 bridgehead atoms. The largest absolute Gasteiger partial charge is 0.497 e. The van der Waals surface area contributed by atoms with Crippen molar-refractivity contribution in [3.8, 4) is 5.75 Å². The van der Waals surface area contributed by atoms with Gasteiger partial charge in [0, 0.05) is 18.8 Å². The van der Waals surface area contributed by atoms with Gasteiger partial charge in [-0.3, -0.25) is 9.59 Å². The maximum Gasteiger partial charge on any atom is 0.242 e. The van der Waals surface area contributed by atoms with Gasteiger partial charge in [-0.2, -0.15) is 0 Å². The zero-order valence-electron chi connectivity index (χ0n) is 18.4. The Bertz CT molecular complexity index is 845. The molecule has 0 fully saturated rings. The number of nitrogens with zero attached hydrogens (tertiary/aromatic N) is 1. The Labute approximate surface area is 188 Å². The van der Waals surface area contributed by atoms with Gasteiger partial charge in [-0.1, -0.05) is 43.7 Å². The standard InChI is InChI=1S/C24H31FN2O3S/c1-4-5-14-26-24(29)18(2)27(15-19-10-12-21(30-3)13-11-19)23(28)17-31-16-20-8-6-7-9-22(20)25/h6-13,18H,4-5,14-17H2,1-3H3,(H,26,29). The van der Waals surface area contributed by atoms with E-state index in [1.165, 1.54) is 17.8 Å². The van der Waals surface area contributed by atoms with Crippen LogP contribution in [-0.4, -0.2) is 42.2 Å². The van der Waals surface area contributed by atoms with Gasteiger partial charge < -0.3 is 15.0 Å². The number of thioether (sulfide) groups is 1. The van der Waals surface area contributed by atoms with Crippen LogP contribution in [0.1, 0.15) is 37.8 Å². The SMILES string of the molecule is CCCCNC(=O)C(C)N(Cc1ccc(OC)cc1)C(=O)CSCc1ccccc1F. The maximum atomic E-state index is 13.8. The van der Waals surface area contributed by atoms with Crippen LogP contribution < -0.4 is 10.1 Å². The lowest BCUT2D eigenvalue weighted by Gasteiger charge is -2.29. The average Bonchev–Trinajstić information content (AvgIpc) is 2.78. The van der Waals surface area contributed by atoms with Crippen LogP contribution in [-0.2, 0) is 21.9 Å². The van der Waals surface area contributed by atoms with Gasteiger partial charge in [0.1, 0.15) is 17.6 Å². The van der Waals surface area contributed by atoms with Crippen molar-refractivity contribution in [2.24, 2.45) is 0 Å². The maximum absolute atomic E-state index is 13.8. The third-order valence-corrected chi connectivity index (χ3v) is 5.92. The predicted octanol–water partition coefficient (Wildman–Crippen LogP) is 4.40. The van der Waals surface area contributed by atoms with Crippen LogP contribution in [0.5, 0.6) is 5.75 Å². The minimum atomic E-state index is -0.611. The normalized spacial score (nSPS) is 11.6. The summed E-state index contributed by atoms with van der Waals surface area (Å²) in [6, 6.07) is 13.4. The number of hydrogen-bond donors (Lipinski definition) is 1. The van der Waals surface area contributed by atoms with Gasteiger partial charge in [0.2, 0.25) is 11.8 Å². The highest BCUT2D eigenvalue weighted by atomic mass is 32.2. The quantitative estimate of drug-likeness (QED) is 0.491. The van der Waals surface area contributed by atoms with E-state index in [2.05, 4.69) is 12.2 Å². The molecule has 31 heavy (non-hydrogen) atoms. The summed E-state index contributed by atoms with van der Waals surface area (Å²) < 4.78 is 19.0. The number of amides is 2. The molecule has 0 spiro atoms. The summed E-state index contributed by atoms with van der Waals surface area (Å²) in [4.78, 5) is 27.2. The Morgan fingerprint density at radius 1 is 1.16 bits per heavy atom. The fourth-order valence-corrected chi connectivity index (χ4v) is 3.89. The molecule has 2 amide bonds. The molecule has 0 aromatic heterocycles. The second kappa shape index (κ2) is 13.0. The number of nitrogens with one attached hydrogen (secondary N) is 1. The van der Waals surface area contributed by atoms with E-state index in [9.17, 15) is 14.0 Å². The lowest BCUT2D eigenvalue weighted by atomic mass is 10.1. The molecule has 0 aliphatic carbocycles. The van der Waals surface area contributed by atoms with E-state index in [0.717, 1.165) is 24.2 Å².